The van der Waals surface area contributed by atoms with Crippen LogP contribution >= 0.6 is 22.9 Å². The van der Waals surface area contributed by atoms with Crippen molar-refractivity contribution in [2.45, 2.75) is 13.5 Å². The third kappa shape index (κ3) is 2.26. The normalized spacial score (nSPS) is 17.4. The van der Waals surface area contributed by atoms with Gasteiger partial charge in [0.2, 0.25) is 0 Å². The van der Waals surface area contributed by atoms with Gasteiger partial charge in [-0.15, -0.1) is 11.3 Å². The fraction of sp³-hybridized carbons (Fsp3) is 0.462. The quantitative estimate of drug-likeness (QED) is 0.792. The first-order chi connectivity index (χ1) is 8.75. The Morgan fingerprint density at radius 3 is 3.00 bits per heavy atom. The van der Waals surface area contributed by atoms with E-state index in [-0.39, 0.29) is 0 Å². The van der Waals surface area contributed by atoms with Gasteiger partial charge < -0.3 is 4.74 Å². The molecule has 0 N–H and O–H groups in total. The van der Waals surface area contributed by atoms with Gasteiger partial charge in [-0.25, -0.2) is 4.98 Å². The van der Waals surface area contributed by atoms with Crippen LogP contribution in [0.2, 0.25) is 5.15 Å². The smallest absolute Gasteiger partial charge is 0.138 e. The third-order valence-corrected chi connectivity index (χ3v) is 4.69. The van der Waals surface area contributed by atoms with Crippen molar-refractivity contribution < 1.29 is 4.74 Å². The van der Waals surface area contributed by atoms with Gasteiger partial charge in [0.05, 0.1) is 18.9 Å². The Morgan fingerprint density at radius 2 is 2.22 bits per heavy atom. The fourth-order valence-electron chi connectivity index (χ4n) is 2.28. The monoisotopic (exact) mass is 282 g/mol. The second-order valence-electron chi connectivity index (χ2n) is 4.53. The number of hydrogen-bond donors (Lipinski definition) is 0. The predicted molar refractivity (Wildman–Crippen MR) is 75.5 cm³/mol. The predicted octanol–water partition coefficient (Wildman–Crippen LogP) is 3.09. The molecule has 0 radical (unpaired) electrons. The van der Waals surface area contributed by atoms with E-state index in [1.165, 1.54) is 10.3 Å². The summed E-state index contributed by atoms with van der Waals surface area (Å²) >= 11 is 7.98. The highest BCUT2D eigenvalue weighted by Crippen LogP contribution is 2.31. The van der Waals surface area contributed by atoms with E-state index in [0.29, 0.717) is 5.15 Å². The third-order valence-electron chi connectivity index (χ3n) is 3.37. The number of aromatic nitrogens is 1. The minimum atomic E-state index is 0.625. The van der Waals surface area contributed by atoms with Gasteiger partial charge in [-0.3, -0.25) is 4.90 Å². The van der Waals surface area contributed by atoms with Gasteiger partial charge in [0.1, 0.15) is 5.15 Å². The molecule has 1 aliphatic rings. The Bertz CT molecular complexity index is 563. The van der Waals surface area contributed by atoms with Crippen LogP contribution in [0.15, 0.2) is 11.4 Å². The summed E-state index contributed by atoms with van der Waals surface area (Å²) in [7, 11) is 0. The molecule has 0 atom stereocenters. The van der Waals surface area contributed by atoms with E-state index in [2.05, 4.69) is 22.2 Å². The highest BCUT2D eigenvalue weighted by Gasteiger charge is 2.16. The second kappa shape index (κ2) is 5.13. The van der Waals surface area contributed by atoms with Gasteiger partial charge in [0.25, 0.3) is 0 Å². The summed E-state index contributed by atoms with van der Waals surface area (Å²) in [6.07, 6.45) is 0. The van der Waals surface area contributed by atoms with Crippen molar-refractivity contribution >= 4 is 33.0 Å². The highest BCUT2D eigenvalue weighted by atomic mass is 35.5. The average molecular weight is 283 g/mol. The molecule has 1 fully saturated rings. The Labute approximate surface area is 115 Å². The van der Waals surface area contributed by atoms with Crippen molar-refractivity contribution in [3.05, 3.63) is 27.9 Å². The molecule has 0 aliphatic carbocycles. The summed E-state index contributed by atoms with van der Waals surface area (Å²) in [6, 6.07) is 2.04. The molecular formula is C13H15ClN2OS. The molecule has 0 amide bonds. The molecule has 0 unspecified atom stereocenters. The Balaban J connectivity index is 1.93. The zero-order valence-corrected chi connectivity index (χ0v) is 11.9. The first-order valence-electron chi connectivity index (χ1n) is 6.08. The maximum absolute atomic E-state index is 6.25. The molecule has 2 aromatic heterocycles. The molecule has 5 heteroatoms. The maximum atomic E-state index is 6.25. The van der Waals surface area contributed by atoms with Gasteiger partial charge in [-0.2, -0.15) is 0 Å². The largest absolute Gasteiger partial charge is 0.379 e. The highest BCUT2D eigenvalue weighted by molar-refractivity contribution is 7.17. The van der Waals surface area contributed by atoms with Crippen LogP contribution in [-0.4, -0.2) is 36.2 Å². The summed E-state index contributed by atoms with van der Waals surface area (Å²) in [5, 5.41) is 3.77. The molecule has 18 heavy (non-hydrogen) atoms. The van der Waals surface area contributed by atoms with Crippen LogP contribution in [0.4, 0.5) is 0 Å². The molecule has 2 aromatic rings. The van der Waals surface area contributed by atoms with Crippen molar-refractivity contribution in [1.29, 1.82) is 0 Å². The first-order valence-corrected chi connectivity index (χ1v) is 7.34. The molecular weight excluding hydrogens is 268 g/mol. The SMILES string of the molecule is Cc1c(CN2CCOCC2)nc(Cl)c2ccsc12. The molecule has 3 nitrogen and oxygen atoms in total. The number of pyridine rings is 1. The summed E-state index contributed by atoms with van der Waals surface area (Å²) in [5.74, 6) is 0. The number of fused-ring (bicyclic) bond motifs is 1. The number of rotatable bonds is 2. The van der Waals surface area contributed by atoms with Crippen molar-refractivity contribution in [1.82, 2.24) is 9.88 Å². The number of aryl methyl sites for hydroxylation is 1. The summed E-state index contributed by atoms with van der Waals surface area (Å²) in [6.45, 7) is 6.57. The number of morpholine rings is 1. The van der Waals surface area contributed by atoms with Crippen LogP contribution in [0, 0.1) is 6.92 Å². The molecule has 1 saturated heterocycles. The lowest BCUT2D eigenvalue weighted by Gasteiger charge is -2.26. The minimum absolute atomic E-state index is 0.625. The molecule has 0 spiro atoms. The van der Waals surface area contributed by atoms with E-state index < -0.39 is 0 Å². The zero-order valence-electron chi connectivity index (χ0n) is 10.3. The van der Waals surface area contributed by atoms with Crippen molar-refractivity contribution in [3.8, 4) is 0 Å². The van der Waals surface area contributed by atoms with E-state index in [0.717, 1.165) is 43.9 Å². The van der Waals surface area contributed by atoms with Gasteiger partial charge in [0.15, 0.2) is 0 Å². The average Bonchev–Trinajstić information content (AvgIpc) is 2.87. The molecule has 0 saturated carbocycles. The minimum Gasteiger partial charge on any atom is -0.379 e. The second-order valence-corrected chi connectivity index (χ2v) is 5.80. The van der Waals surface area contributed by atoms with E-state index in [4.69, 9.17) is 16.3 Å². The number of ether oxygens (including phenoxy) is 1. The number of hydrogen-bond acceptors (Lipinski definition) is 4. The Kier molecular flexibility index (Phi) is 3.52. The van der Waals surface area contributed by atoms with E-state index in [9.17, 15) is 0 Å². The fourth-order valence-corrected chi connectivity index (χ4v) is 3.52. The van der Waals surface area contributed by atoms with Gasteiger partial charge >= 0.3 is 0 Å². The lowest BCUT2D eigenvalue weighted by Crippen LogP contribution is -2.36. The number of nitrogens with zero attached hydrogens (tertiary/aromatic N) is 2. The van der Waals surface area contributed by atoms with Crippen LogP contribution in [0.3, 0.4) is 0 Å². The number of thiophene rings is 1. The molecule has 3 rings (SSSR count). The lowest BCUT2D eigenvalue weighted by atomic mass is 10.1. The van der Waals surface area contributed by atoms with Crippen LogP contribution in [-0.2, 0) is 11.3 Å². The van der Waals surface area contributed by atoms with Crippen LogP contribution in [0.25, 0.3) is 10.1 Å². The van der Waals surface area contributed by atoms with Gasteiger partial charge in [0, 0.05) is 29.7 Å². The number of halogens is 1. The van der Waals surface area contributed by atoms with Crippen molar-refractivity contribution in [2.24, 2.45) is 0 Å². The molecule has 0 aromatic carbocycles. The van der Waals surface area contributed by atoms with E-state index in [1.54, 1.807) is 11.3 Å². The Morgan fingerprint density at radius 1 is 1.44 bits per heavy atom. The van der Waals surface area contributed by atoms with Crippen LogP contribution < -0.4 is 0 Å². The van der Waals surface area contributed by atoms with Gasteiger partial charge in [-0.1, -0.05) is 11.6 Å². The molecule has 0 bridgehead atoms. The lowest BCUT2D eigenvalue weighted by molar-refractivity contribution is 0.0336. The summed E-state index contributed by atoms with van der Waals surface area (Å²) in [5.41, 5.74) is 2.35. The van der Waals surface area contributed by atoms with Crippen LogP contribution in [0.1, 0.15) is 11.3 Å². The topological polar surface area (TPSA) is 25.4 Å². The van der Waals surface area contributed by atoms with Crippen LogP contribution in [0.5, 0.6) is 0 Å². The summed E-state index contributed by atoms with van der Waals surface area (Å²) in [4.78, 5) is 6.93. The van der Waals surface area contributed by atoms with Gasteiger partial charge in [-0.05, 0) is 23.9 Å². The van der Waals surface area contributed by atoms with Crippen molar-refractivity contribution in [2.75, 3.05) is 26.3 Å². The zero-order chi connectivity index (χ0) is 12.5. The Hall–Kier alpha value is -0.680. The molecule has 1 aliphatic heterocycles. The summed E-state index contributed by atoms with van der Waals surface area (Å²) < 4.78 is 6.63. The van der Waals surface area contributed by atoms with E-state index >= 15 is 0 Å². The molecule has 3 heterocycles. The standard InChI is InChI=1S/C13H15ClN2OS/c1-9-11(8-16-3-5-17-6-4-16)15-13(14)10-2-7-18-12(9)10/h2,7H,3-6,8H2,1H3. The first kappa shape index (κ1) is 12.4. The molecule has 96 valence electrons. The maximum Gasteiger partial charge on any atom is 0.138 e. The van der Waals surface area contributed by atoms with Crippen molar-refractivity contribution in [3.63, 3.8) is 0 Å². The van der Waals surface area contributed by atoms with E-state index in [1.807, 2.05) is 6.07 Å².